The fourth-order valence-electron chi connectivity index (χ4n) is 2.77. The van der Waals surface area contributed by atoms with Crippen LogP contribution in [0.3, 0.4) is 0 Å². The van der Waals surface area contributed by atoms with Gasteiger partial charge in [0.15, 0.2) is 0 Å². The lowest BCUT2D eigenvalue weighted by atomic mass is 9.99. The van der Waals surface area contributed by atoms with Gasteiger partial charge in [0.05, 0.1) is 17.2 Å². The molecule has 3 aromatic rings. The molecule has 4 nitrogen and oxygen atoms in total. The summed E-state index contributed by atoms with van der Waals surface area (Å²) < 4.78 is 65.2. The van der Waals surface area contributed by atoms with Crippen molar-refractivity contribution in [1.82, 2.24) is 5.32 Å². The third-order valence-corrected chi connectivity index (χ3v) is 4.24. The minimum absolute atomic E-state index is 0.106. The van der Waals surface area contributed by atoms with Crippen molar-refractivity contribution < 1.29 is 26.0 Å². The van der Waals surface area contributed by atoms with Crippen LogP contribution in [0.4, 0.5) is 0 Å². The summed E-state index contributed by atoms with van der Waals surface area (Å²) in [6, 6.07) is 11.5. The number of aliphatic hydroxyl groups excluding tert-OH is 1. The molecule has 0 spiro atoms. The third kappa shape index (κ3) is 6.01. The van der Waals surface area contributed by atoms with Gasteiger partial charge >= 0.3 is 5.97 Å². The highest BCUT2D eigenvalue weighted by Crippen LogP contribution is 2.22. The number of aromatic carboxylic acids is 1. The Morgan fingerprint density at radius 2 is 1.93 bits per heavy atom. The second-order valence-electron chi connectivity index (χ2n) is 6.50. The monoisotopic (exact) mass is 397 g/mol. The lowest BCUT2D eigenvalue weighted by Gasteiger charge is -2.13. The fourth-order valence-corrected chi connectivity index (χ4v) is 2.77. The second kappa shape index (κ2) is 10.0. The number of hydrogen-bond acceptors (Lipinski definition) is 3. The number of benzene rings is 3. The van der Waals surface area contributed by atoms with Crippen LogP contribution in [0.15, 0.2) is 72.7 Å². The number of aryl methyl sites for hydroxylation is 1. The number of aliphatic hydroxyl groups is 1. The molecule has 0 aliphatic rings. The number of carboxylic acids is 1. The van der Waals surface area contributed by atoms with Crippen LogP contribution in [0, 0.1) is 6.92 Å². The normalized spacial score (nSPS) is 16.9. The van der Waals surface area contributed by atoms with Crippen molar-refractivity contribution in [2.24, 2.45) is 0 Å². The first-order valence-corrected chi connectivity index (χ1v) is 9.09. The first-order valence-electron chi connectivity index (χ1n) is 13.1. The Bertz CT molecular complexity index is 1300. The van der Waals surface area contributed by atoms with Gasteiger partial charge in [0.25, 0.3) is 0 Å². The predicted octanol–water partition coefficient (Wildman–Crippen LogP) is 4.62. The molecule has 3 aromatic carbocycles. The first kappa shape index (κ1) is 12.6. The standard InChI is InChI=1S/C25H27NO3/c1-18-6-2-11-22(14-18)24(27)17-26-13-5-8-19-7-3-9-20(15-19)21-10-4-12-23(16-21)25(28)29/h2-4,6-7,9-12,14-16,24,26-27H,5,8,13,17H2,1H3,(H,28,29)/t24-/m0/s1/i2D,5D2,6D,11D,13D2,14D. The Morgan fingerprint density at radius 1 is 1.17 bits per heavy atom. The SMILES string of the molecule is [2H]c1c([2H])c(C)c([2H])c([C@@H](O)CNC([2H])([2H])C([2H])([2H])Cc2cccc(-c3cccc(C(=O)O)c3)c2)c1[2H]. The van der Waals surface area contributed by atoms with E-state index in [2.05, 4.69) is 5.32 Å². The Kier molecular flexibility index (Phi) is 4.34. The molecule has 1 atom stereocenters. The third-order valence-electron chi connectivity index (χ3n) is 4.24. The van der Waals surface area contributed by atoms with E-state index in [1.54, 1.807) is 36.4 Å². The second-order valence-corrected chi connectivity index (χ2v) is 6.50. The summed E-state index contributed by atoms with van der Waals surface area (Å²) in [5, 5.41) is 22.2. The van der Waals surface area contributed by atoms with Crippen LogP contribution in [0.2, 0.25) is 0 Å². The first-order chi connectivity index (χ1) is 17.2. The summed E-state index contributed by atoms with van der Waals surface area (Å²) in [5.74, 6) is -1.07. The number of carboxylic acid groups (broad SMARTS) is 1. The zero-order valence-electron chi connectivity index (χ0n) is 23.9. The van der Waals surface area contributed by atoms with Crippen molar-refractivity contribution >= 4 is 5.97 Å². The van der Waals surface area contributed by atoms with Gasteiger partial charge in [-0.1, -0.05) is 66.1 Å². The number of rotatable bonds is 9. The summed E-state index contributed by atoms with van der Waals surface area (Å²) in [4.78, 5) is 11.3. The van der Waals surface area contributed by atoms with E-state index in [1.807, 2.05) is 0 Å². The van der Waals surface area contributed by atoms with Crippen LogP contribution in [0.5, 0.6) is 0 Å². The van der Waals surface area contributed by atoms with Crippen LogP contribution >= 0.6 is 0 Å². The quantitative estimate of drug-likeness (QED) is 0.493. The molecule has 0 aliphatic heterocycles. The molecular weight excluding hydrogens is 362 g/mol. The van der Waals surface area contributed by atoms with Gasteiger partial charge in [-0.2, -0.15) is 0 Å². The maximum atomic E-state index is 11.3. The van der Waals surface area contributed by atoms with Gasteiger partial charge in [0.2, 0.25) is 0 Å². The largest absolute Gasteiger partial charge is 0.478 e. The van der Waals surface area contributed by atoms with Gasteiger partial charge in [-0.15, -0.1) is 0 Å². The molecule has 3 rings (SSSR count). The van der Waals surface area contributed by atoms with Gasteiger partial charge in [0, 0.05) is 12.0 Å². The highest BCUT2D eigenvalue weighted by Gasteiger charge is 2.07. The zero-order chi connectivity index (χ0) is 27.7. The molecule has 0 aromatic heterocycles. The van der Waals surface area contributed by atoms with E-state index in [0.717, 1.165) is 0 Å². The molecule has 0 radical (unpaired) electrons. The minimum Gasteiger partial charge on any atom is -0.478 e. The molecule has 4 heteroatoms. The number of nitrogens with one attached hydrogen (secondary N) is 1. The maximum absolute atomic E-state index is 11.3. The molecular formula is C25H27NO3. The van der Waals surface area contributed by atoms with Gasteiger partial charge in [0.1, 0.15) is 0 Å². The van der Waals surface area contributed by atoms with E-state index in [0.29, 0.717) is 16.7 Å². The van der Waals surface area contributed by atoms with E-state index in [9.17, 15) is 15.0 Å². The van der Waals surface area contributed by atoms with Crippen molar-refractivity contribution in [2.45, 2.75) is 25.8 Å². The zero-order valence-corrected chi connectivity index (χ0v) is 15.9. The van der Waals surface area contributed by atoms with Crippen molar-refractivity contribution in [1.29, 1.82) is 0 Å². The van der Waals surface area contributed by atoms with Gasteiger partial charge in [-0.3, -0.25) is 0 Å². The molecule has 0 saturated carbocycles. The lowest BCUT2D eigenvalue weighted by Crippen LogP contribution is -2.22. The van der Waals surface area contributed by atoms with Gasteiger partial charge in [-0.05, 0) is 60.6 Å². The smallest absolute Gasteiger partial charge is 0.335 e. The molecule has 3 N–H and O–H groups in total. The predicted molar refractivity (Wildman–Crippen MR) is 116 cm³/mol. The Labute approximate surface area is 183 Å². The molecule has 0 saturated heterocycles. The van der Waals surface area contributed by atoms with Crippen LogP contribution in [0.1, 0.15) is 50.5 Å². The van der Waals surface area contributed by atoms with Crippen molar-refractivity contribution in [3.05, 3.63) is 95.0 Å². The highest BCUT2D eigenvalue weighted by atomic mass is 16.4. The molecule has 150 valence electrons. The number of carbonyl (C=O) groups is 1. The Balaban J connectivity index is 1.78. The topological polar surface area (TPSA) is 69.6 Å². The van der Waals surface area contributed by atoms with Crippen molar-refractivity contribution in [2.75, 3.05) is 13.0 Å². The molecule has 29 heavy (non-hydrogen) atoms. The van der Waals surface area contributed by atoms with E-state index >= 15 is 0 Å². The maximum Gasteiger partial charge on any atom is 0.335 e. The summed E-state index contributed by atoms with van der Waals surface area (Å²) in [7, 11) is 0. The van der Waals surface area contributed by atoms with Crippen LogP contribution in [-0.2, 0) is 6.42 Å². The summed E-state index contributed by atoms with van der Waals surface area (Å²) >= 11 is 0. The molecule has 0 unspecified atom stereocenters. The van der Waals surface area contributed by atoms with E-state index in [4.69, 9.17) is 11.0 Å². The van der Waals surface area contributed by atoms with E-state index in [1.165, 1.54) is 19.1 Å². The summed E-state index contributed by atoms with van der Waals surface area (Å²) in [6.07, 6.45) is -4.37. The van der Waals surface area contributed by atoms with E-state index < -0.39 is 43.6 Å². The van der Waals surface area contributed by atoms with Crippen LogP contribution < -0.4 is 5.32 Å². The van der Waals surface area contributed by atoms with Crippen molar-refractivity contribution in [3.63, 3.8) is 0 Å². The highest BCUT2D eigenvalue weighted by molar-refractivity contribution is 5.89. The minimum atomic E-state index is -2.63. The summed E-state index contributed by atoms with van der Waals surface area (Å²) in [5.41, 5.74) is 1.73. The molecule has 0 fully saturated rings. The van der Waals surface area contributed by atoms with Gasteiger partial charge in [-0.25, -0.2) is 4.79 Å². The van der Waals surface area contributed by atoms with Gasteiger partial charge < -0.3 is 15.5 Å². The summed E-state index contributed by atoms with van der Waals surface area (Å²) in [6.45, 7) is -1.73. The molecule has 0 heterocycles. The van der Waals surface area contributed by atoms with Crippen molar-refractivity contribution in [3.8, 4) is 11.1 Å². The average Bonchev–Trinajstić information content (AvgIpc) is 2.85. The average molecular weight is 398 g/mol. The molecule has 0 aliphatic carbocycles. The Hall–Kier alpha value is -2.95. The van der Waals surface area contributed by atoms with E-state index in [-0.39, 0.29) is 35.2 Å². The molecule has 0 bridgehead atoms. The van der Waals surface area contributed by atoms with Crippen LogP contribution in [0.25, 0.3) is 11.1 Å². The van der Waals surface area contributed by atoms with Crippen LogP contribution in [-0.4, -0.2) is 29.2 Å². The molecule has 0 amide bonds. The Morgan fingerprint density at radius 3 is 2.72 bits per heavy atom. The fraction of sp³-hybridized carbons (Fsp3) is 0.240. The lowest BCUT2D eigenvalue weighted by molar-refractivity contribution is 0.0697. The number of hydrogen-bond donors (Lipinski definition) is 3.